The lowest BCUT2D eigenvalue weighted by molar-refractivity contribution is -0.147. The molecule has 82 valence electrons. The van der Waals surface area contributed by atoms with Gasteiger partial charge in [-0.3, -0.25) is 0 Å². The molecule has 0 spiro atoms. The van der Waals surface area contributed by atoms with Crippen LogP contribution in [-0.2, 0) is 10.7 Å². The average Bonchev–Trinajstić information content (AvgIpc) is 2.15. The molecule has 0 aliphatic carbocycles. The van der Waals surface area contributed by atoms with E-state index in [9.17, 15) is 18.7 Å². The molecule has 1 aromatic carbocycles. The van der Waals surface area contributed by atoms with E-state index in [0.29, 0.717) is 6.92 Å². The second kappa shape index (κ2) is 3.94. The Kier molecular flexibility index (Phi) is 3.04. The Balaban J connectivity index is 3.24. The minimum atomic E-state index is -3.17. The molecule has 0 heterocycles. The van der Waals surface area contributed by atoms with Crippen LogP contribution < -0.4 is 0 Å². The third-order valence-electron chi connectivity index (χ3n) is 1.96. The predicted molar refractivity (Wildman–Crippen MR) is 48.6 cm³/mol. The van der Waals surface area contributed by atoms with Crippen molar-refractivity contribution in [3.63, 3.8) is 0 Å². The first-order valence-electron chi connectivity index (χ1n) is 4.22. The second-order valence-corrected chi connectivity index (χ2v) is 3.22. The van der Waals surface area contributed by atoms with Crippen molar-refractivity contribution in [1.82, 2.24) is 0 Å². The van der Waals surface area contributed by atoms with E-state index in [1.54, 1.807) is 0 Å². The van der Waals surface area contributed by atoms with Crippen molar-refractivity contribution in [3.8, 4) is 0 Å². The number of aliphatic hydroxyl groups is 1. The number of aliphatic hydroxyl groups excluding tert-OH is 1. The van der Waals surface area contributed by atoms with E-state index in [0.717, 1.165) is 6.07 Å². The van der Waals surface area contributed by atoms with Gasteiger partial charge in [-0.15, -0.1) is 0 Å². The molecule has 15 heavy (non-hydrogen) atoms. The van der Waals surface area contributed by atoms with E-state index >= 15 is 0 Å². The van der Waals surface area contributed by atoms with Crippen molar-refractivity contribution >= 4 is 5.97 Å². The smallest absolute Gasteiger partial charge is 0.337 e. The van der Waals surface area contributed by atoms with Gasteiger partial charge in [-0.05, 0) is 0 Å². The Bertz CT molecular complexity index is 371. The summed E-state index contributed by atoms with van der Waals surface area (Å²) in [5, 5.41) is 17.7. The van der Waals surface area contributed by atoms with Crippen molar-refractivity contribution in [2.24, 2.45) is 0 Å². The first-order chi connectivity index (χ1) is 6.84. The van der Waals surface area contributed by atoms with Gasteiger partial charge in [0.2, 0.25) is 0 Å². The van der Waals surface area contributed by atoms with Crippen molar-refractivity contribution in [2.45, 2.75) is 19.0 Å². The lowest BCUT2D eigenvalue weighted by atomic mass is 9.98. The summed E-state index contributed by atoms with van der Waals surface area (Å²) >= 11 is 0. The maximum atomic E-state index is 13.0. The fourth-order valence-electron chi connectivity index (χ4n) is 1.27. The summed E-state index contributed by atoms with van der Waals surface area (Å²) in [5.74, 6) is -4.72. The minimum absolute atomic E-state index is 0.280. The zero-order valence-corrected chi connectivity index (χ0v) is 7.95. The van der Waals surface area contributed by atoms with E-state index < -0.39 is 23.6 Å². The minimum Gasteiger partial charge on any atom is -0.479 e. The normalized spacial score (nSPS) is 13.6. The molecule has 5 heteroatoms. The van der Waals surface area contributed by atoms with Gasteiger partial charge in [0.25, 0.3) is 5.92 Å². The Labute approximate surface area is 85.0 Å². The van der Waals surface area contributed by atoms with E-state index in [2.05, 4.69) is 0 Å². The van der Waals surface area contributed by atoms with Gasteiger partial charge in [-0.2, -0.15) is 0 Å². The molecule has 0 saturated heterocycles. The molecule has 0 amide bonds. The standard InChI is InChI=1S/C10H10F2O3/c1-10(11,12)7-5-3-2-4-6(7)8(13)9(14)15/h2-5,8,13H,1H3,(H,14,15). The molecule has 0 aliphatic rings. The molecular formula is C10H10F2O3. The molecule has 1 rings (SSSR count). The van der Waals surface area contributed by atoms with Crippen LogP contribution >= 0.6 is 0 Å². The number of carboxylic acids is 1. The maximum Gasteiger partial charge on any atom is 0.337 e. The third-order valence-corrected chi connectivity index (χ3v) is 1.96. The number of alkyl halides is 2. The lowest BCUT2D eigenvalue weighted by Crippen LogP contribution is -2.17. The quantitative estimate of drug-likeness (QED) is 0.811. The van der Waals surface area contributed by atoms with Crippen LogP contribution in [0.5, 0.6) is 0 Å². The van der Waals surface area contributed by atoms with Gasteiger partial charge in [-0.25, -0.2) is 13.6 Å². The first-order valence-corrected chi connectivity index (χ1v) is 4.22. The number of aliphatic carboxylic acids is 1. The Morgan fingerprint density at radius 3 is 2.40 bits per heavy atom. The predicted octanol–water partition coefficient (Wildman–Crippen LogP) is 1.92. The molecule has 0 saturated carbocycles. The summed E-state index contributed by atoms with van der Waals surface area (Å²) in [7, 11) is 0. The van der Waals surface area contributed by atoms with Gasteiger partial charge in [0.1, 0.15) is 0 Å². The molecular weight excluding hydrogens is 206 g/mol. The topological polar surface area (TPSA) is 57.5 Å². The van der Waals surface area contributed by atoms with Crippen LogP contribution in [0.15, 0.2) is 24.3 Å². The lowest BCUT2D eigenvalue weighted by Gasteiger charge is -2.17. The van der Waals surface area contributed by atoms with Crippen LogP contribution in [0.3, 0.4) is 0 Å². The molecule has 3 nitrogen and oxygen atoms in total. The number of carboxylic acid groups (broad SMARTS) is 1. The van der Waals surface area contributed by atoms with Crippen LogP contribution in [0.25, 0.3) is 0 Å². The summed E-state index contributed by atoms with van der Waals surface area (Å²) < 4.78 is 26.1. The molecule has 1 aromatic rings. The molecule has 0 bridgehead atoms. The van der Waals surface area contributed by atoms with Gasteiger partial charge in [0.05, 0.1) is 0 Å². The van der Waals surface area contributed by atoms with Crippen LogP contribution in [0.2, 0.25) is 0 Å². The fourth-order valence-corrected chi connectivity index (χ4v) is 1.27. The van der Waals surface area contributed by atoms with Crippen molar-refractivity contribution in [1.29, 1.82) is 0 Å². The van der Waals surface area contributed by atoms with Crippen LogP contribution in [0.1, 0.15) is 24.2 Å². The number of halogens is 2. The van der Waals surface area contributed by atoms with Crippen molar-refractivity contribution in [2.75, 3.05) is 0 Å². The highest BCUT2D eigenvalue weighted by atomic mass is 19.3. The second-order valence-electron chi connectivity index (χ2n) is 3.22. The van der Waals surface area contributed by atoms with E-state index in [1.807, 2.05) is 0 Å². The van der Waals surface area contributed by atoms with Gasteiger partial charge >= 0.3 is 5.97 Å². The van der Waals surface area contributed by atoms with Gasteiger partial charge < -0.3 is 10.2 Å². The van der Waals surface area contributed by atoms with E-state index in [-0.39, 0.29) is 5.56 Å². The largest absolute Gasteiger partial charge is 0.479 e. The van der Waals surface area contributed by atoms with Gasteiger partial charge in [0, 0.05) is 18.1 Å². The van der Waals surface area contributed by atoms with Crippen LogP contribution in [-0.4, -0.2) is 16.2 Å². The van der Waals surface area contributed by atoms with Crippen LogP contribution in [0, 0.1) is 0 Å². The molecule has 2 N–H and O–H groups in total. The zero-order chi connectivity index (χ0) is 11.6. The van der Waals surface area contributed by atoms with Crippen molar-refractivity contribution in [3.05, 3.63) is 35.4 Å². The SMILES string of the molecule is CC(F)(F)c1ccccc1C(O)C(=O)O. The molecule has 0 aliphatic heterocycles. The summed E-state index contributed by atoms with van der Waals surface area (Å²) in [6, 6.07) is 5.04. The Morgan fingerprint density at radius 2 is 1.93 bits per heavy atom. The van der Waals surface area contributed by atoms with Gasteiger partial charge in [-0.1, -0.05) is 24.3 Å². The number of rotatable bonds is 3. The summed E-state index contributed by atoms with van der Waals surface area (Å²) in [6.07, 6.45) is -1.92. The van der Waals surface area contributed by atoms with E-state index in [4.69, 9.17) is 5.11 Å². The summed E-state index contributed by atoms with van der Waals surface area (Å²) in [4.78, 5) is 10.5. The first kappa shape index (κ1) is 11.6. The zero-order valence-electron chi connectivity index (χ0n) is 7.95. The molecule has 1 atom stereocenters. The van der Waals surface area contributed by atoms with Gasteiger partial charge in [0.15, 0.2) is 6.10 Å². The highest BCUT2D eigenvalue weighted by Gasteiger charge is 2.31. The van der Waals surface area contributed by atoms with Crippen LogP contribution in [0.4, 0.5) is 8.78 Å². The third kappa shape index (κ3) is 2.50. The molecule has 1 unspecified atom stereocenters. The summed E-state index contributed by atoms with van der Waals surface area (Å²) in [5.41, 5.74) is -0.752. The number of hydrogen-bond donors (Lipinski definition) is 2. The number of benzene rings is 1. The molecule has 0 fully saturated rings. The molecule has 0 radical (unpaired) electrons. The fraction of sp³-hybridized carbons (Fsp3) is 0.300. The van der Waals surface area contributed by atoms with E-state index in [1.165, 1.54) is 18.2 Å². The number of hydrogen-bond acceptors (Lipinski definition) is 2. The maximum absolute atomic E-state index is 13.0. The highest BCUT2D eigenvalue weighted by Crippen LogP contribution is 2.32. The summed E-state index contributed by atoms with van der Waals surface area (Å²) in [6.45, 7) is 0.653. The Morgan fingerprint density at radius 1 is 1.40 bits per heavy atom. The average molecular weight is 216 g/mol. The van der Waals surface area contributed by atoms with Crippen molar-refractivity contribution < 1.29 is 23.8 Å². The number of carbonyl (C=O) groups is 1. The Hall–Kier alpha value is -1.49. The highest BCUT2D eigenvalue weighted by molar-refractivity contribution is 5.74. The monoisotopic (exact) mass is 216 g/mol. The molecule has 0 aromatic heterocycles.